The number of benzene rings is 1. The van der Waals surface area contributed by atoms with Crippen molar-refractivity contribution in [2.75, 3.05) is 32.5 Å². The van der Waals surface area contributed by atoms with Gasteiger partial charge in [-0.1, -0.05) is 11.6 Å². The number of nitrogen functional groups attached to an aromatic ring is 1. The molecule has 33 heavy (non-hydrogen) atoms. The summed E-state index contributed by atoms with van der Waals surface area (Å²) in [7, 11) is 1.34. The minimum Gasteiger partial charge on any atom is -0.493 e. The topological polar surface area (TPSA) is 132 Å². The molecule has 10 nitrogen and oxygen atoms in total. The lowest BCUT2D eigenvalue weighted by Gasteiger charge is -2.39. The normalized spacial score (nSPS) is 14.6. The van der Waals surface area contributed by atoms with Gasteiger partial charge in [0, 0.05) is 30.1 Å². The molecule has 0 aliphatic carbocycles. The Kier molecular flexibility index (Phi) is 5.99. The van der Waals surface area contributed by atoms with E-state index < -0.39 is 6.09 Å². The summed E-state index contributed by atoms with van der Waals surface area (Å²) in [5.74, 6) is 0.819. The minimum absolute atomic E-state index is 0.112. The molecular formula is C22H24ClN7O3. The maximum absolute atomic E-state index is 11.9. The zero-order valence-electron chi connectivity index (χ0n) is 18.8. The van der Waals surface area contributed by atoms with E-state index in [9.17, 15) is 10.1 Å². The van der Waals surface area contributed by atoms with E-state index in [2.05, 4.69) is 21.1 Å². The van der Waals surface area contributed by atoms with Crippen LogP contribution in [0.4, 0.5) is 10.6 Å². The first-order valence-corrected chi connectivity index (χ1v) is 10.9. The summed E-state index contributed by atoms with van der Waals surface area (Å²) in [4.78, 5) is 21.9. The number of amides is 1. The monoisotopic (exact) mass is 469 g/mol. The Hall–Kier alpha value is -3.58. The number of hydrogen-bond donors (Lipinski definition) is 1. The number of aromatic nitrogens is 4. The largest absolute Gasteiger partial charge is 0.493 e. The number of nitrogens with two attached hydrogens (primary N) is 1. The molecule has 1 atom stereocenters. The molecule has 11 heteroatoms. The molecule has 1 fully saturated rings. The lowest BCUT2D eigenvalue weighted by atomic mass is 9.85. The van der Waals surface area contributed by atoms with Crippen molar-refractivity contribution in [3.05, 3.63) is 39.8 Å². The number of ether oxygens (including phenoxy) is 2. The zero-order valence-corrected chi connectivity index (χ0v) is 19.5. The highest BCUT2D eigenvalue weighted by Gasteiger charge is 2.38. The Morgan fingerprint density at radius 2 is 2.15 bits per heavy atom. The average molecular weight is 470 g/mol. The number of aryl methyl sites for hydroxylation is 1. The number of carbonyl (C=O) groups excluding carboxylic acids is 1. The van der Waals surface area contributed by atoms with Crippen LogP contribution in [0.5, 0.6) is 5.75 Å². The van der Waals surface area contributed by atoms with E-state index in [0.717, 1.165) is 5.56 Å². The molecule has 0 radical (unpaired) electrons. The number of carbonyl (C=O) groups is 1. The van der Waals surface area contributed by atoms with E-state index >= 15 is 0 Å². The van der Waals surface area contributed by atoms with E-state index in [1.165, 1.54) is 13.4 Å². The first kappa shape index (κ1) is 22.6. The third kappa shape index (κ3) is 3.68. The number of anilines is 1. The Balaban J connectivity index is 1.86. The van der Waals surface area contributed by atoms with Crippen LogP contribution in [0.1, 0.15) is 48.2 Å². The fourth-order valence-electron chi connectivity index (χ4n) is 4.30. The van der Waals surface area contributed by atoms with Gasteiger partial charge < -0.3 is 20.1 Å². The van der Waals surface area contributed by atoms with Crippen molar-refractivity contribution in [3.63, 3.8) is 0 Å². The van der Waals surface area contributed by atoms with E-state index in [0.29, 0.717) is 64.1 Å². The van der Waals surface area contributed by atoms with E-state index in [1.807, 2.05) is 20.8 Å². The van der Waals surface area contributed by atoms with Crippen LogP contribution in [0.2, 0.25) is 5.02 Å². The van der Waals surface area contributed by atoms with E-state index in [4.69, 9.17) is 26.8 Å². The number of rotatable bonds is 5. The highest BCUT2D eigenvalue weighted by atomic mass is 35.5. The molecular weight excluding hydrogens is 446 g/mol. The summed E-state index contributed by atoms with van der Waals surface area (Å²) in [6.45, 7) is 6.88. The second-order valence-electron chi connectivity index (χ2n) is 7.85. The predicted molar refractivity (Wildman–Crippen MR) is 122 cm³/mol. The molecule has 1 amide bonds. The van der Waals surface area contributed by atoms with Gasteiger partial charge in [0.15, 0.2) is 5.65 Å². The van der Waals surface area contributed by atoms with Crippen LogP contribution in [0, 0.1) is 18.3 Å². The van der Waals surface area contributed by atoms with Gasteiger partial charge >= 0.3 is 6.09 Å². The van der Waals surface area contributed by atoms with Crippen LogP contribution in [-0.2, 0) is 4.74 Å². The van der Waals surface area contributed by atoms with Gasteiger partial charge in [-0.3, -0.25) is 0 Å². The van der Waals surface area contributed by atoms with Crippen LogP contribution >= 0.6 is 11.6 Å². The zero-order chi connectivity index (χ0) is 23.9. The second kappa shape index (κ2) is 8.75. The molecule has 1 saturated heterocycles. The molecule has 0 spiro atoms. The van der Waals surface area contributed by atoms with Crippen molar-refractivity contribution in [2.45, 2.75) is 32.7 Å². The number of likely N-dealkylation sites (tertiary alicyclic amines) is 1. The lowest BCUT2D eigenvalue weighted by Crippen LogP contribution is -2.48. The van der Waals surface area contributed by atoms with Crippen molar-refractivity contribution < 1.29 is 14.3 Å². The molecule has 3 heterocycles. The molecule has 1 aliphatic rings. The quantitative estimate of drug-likeness (QED) is 0.601. The highest BCUT2D eigenvalue weighted by Crippen LogP contribution is 2.44. The fourth-order valence-corrected chi connectivity index (χ4v) is 4.56. The summed E-state index contributed by atoms with van der Waals surface area (Å²) in [6, 6.07) is 3.61. The molecule has 1 aliphatic heterocycles. The smallest absolute Gasteiger partial charge is 0.409 e. The van der Waals surface area contributed by atoms with Gasteiger partial charge in [-0.15, -0.1) is 0 Å². The first-order chi connectivity index (χ1) is 15.8. The molecule has 1 aromatic carbocycles. The number of hydrogen-bond acceptors (Lipinski definition) is 8. The highest BCUT2D eigenvalue weighted by molar-refractivity contribution is 6.32. The SMILES string of the molecule is CCOc1c(C(C)n2nc(C)c3c(N)ncnc32)cc(Cl)c(C#N)c1C1CN(C(=O)OC)C1. The lowest BCUT2D eigenvalue weighted by molar-refractivity contribution is 0.0872. The number of nitriles is 1. The Morgan fingerprint density at radius 1 is 1.42 bits per heavy atom. The molecule has 0 saturated carbocycles. The second-order valence-corrected chi connectivity index (χ2v) is 8.25. The van der Waals surface area contributed by atoms with Crippen LogP contribution in [0.15, 0.2) is 12.4 Å². The molecule has 2 aromatic heterocycles. The van der Waals surface area contributed by atoms with Gasteiger partial charge in [0.05, 0.1) is 41.4 Å². The summed E-state index contributed by atoms with van der Waals surface area (Å²) >= 11 is 6.58. The molecule has 0 bridgehead atoms. The van der Waals surface area contributed by atoms with Gasteiger partial charge in [0.25, 0.3) is 0 Å². The summed E-state index contributed by atoms with van der Waals surface area (Å²) in [6.07, 6.45) is 0.993. The Bertz CT molecular complexity index is 1280. The maximum Gasteiger partial charge on any atom is 0.409 e. The number of halogens is 1. The fraction of sp³-hybridized carbons (Fsp3) is 0.409. The van der Waals surface area contributed by atoms with Gasteiger partial charge in [-0.05, 0) is 26.8 Å². The summed E-state index contributed by atoms with van der Waals surface area (Å²) < 4.78 is 12.6. The standard InChI is InChI=1S/C22H24ClN7O3/c1-5-33-19-14(12(3)30-21-17(11(2)28-30)20(25)26-10-27-21)6-16(23)15(7-24)18(19)13-8-29(9-13)22(31)32-4/h6,10,12-13H,5,8-9H2,1-4H3,(H2,25,26,27). The van der Waals surface area contributed by atoms with Crippen LogP contribution in [0.25, 0.3) is 11.0 Å². The van der Waals surface area contributed by atoms with Crippen molar-refractivity contribution in [2.24, 2.45) is 0 Å². The molecule has 3 aromatic rings. The van der Waals surface area contributed by atoms with Crippen molar-refractivity contribution in [1.29, 1.82) is 5.26 Å². The van der Waals surface area contributed by atoms with Gasteiger partial charge in [0.1, 0.15) is 24.0 Å². The van der Waals surface area contributed by atoms with Crippen molar-refractivity contribution >= 4 is 34.5 Å². The van der Waals surface area contributed by atoms with Crippen LogP contribution < -0.4 is 10.5 Å². The molecule has 172 valence electrons. The number of fused-ring (bicyclic) bond motifs is 1. The van der Waals surface area contributed by atoms with Crippen LogP contribution in [-0.4, -0.2) is 57.5 Å². The minimum atomic E-state index is -0.408. The molecule has 1 unspecified atom stereocenters. The van der Waals surface area contributed by atoms with Gasteiger partial charge in [0.2, 0.25) is 0 Å². The molecule has 2 N–H and O–H groups in total. The number of methoxy groups -OCH3 is 1. The van der Waals surface area contributed by atoms with Crippen molar-refractivity contribution in [1.82, 2.24) is 24.6 Å². The number of nitrogens with zero attached hydrogens (tertiary/aromatic N) is 6. The van der Waals surface area contributed by atoms with Crippen molar-refractivity contribution in [3.8, 4) is 11.8 Å². The first-order valence-electron chi connectivity index (χ1n) is 10.5. The average Bonchev–Trinajstić information content (AvgIpc) is 3.11. The third-order valence-corrected chi connectivity index (χ3v) is 6.23. The van der Waals surface area contributed by atoms with Crippen LogP contribution in [0.3, 0.4) is 0 Å². The van der Waals surface area contributed by atoms with E-state index in [1.54, 1.807) is 15.6 Å². The molecule has 4 rings (SSSR count). The van der Waals surface area contributed by atoms with Gasteiger partial charge in [-0.25, -0.2) is 19.4 Å². The third-order valence-electron chi connectivity index (χ3n) is 5.93. The predicted octanol–water partition coefficient (Wildman–Crippen LogP) is 3.42. The Labute approximate surface area is 195 Å². The maximum atomic E-state index is 11.9. The summed E-state index contributed by atoms with van der Waals surface area (Å²) in [5, 5.41) is 15.5. The Morgan fingerprint density at radius 3 is 2.79 bits per heavy atom. The summed E-state index contributed by atoms with van der Waals surface area (Å²) in [5.41, 5.74) is 9.16. The van der Waals surface area contributed by atoms with Gasteiger partial charge in [-0.2, -0.15) is 10.4 Å². The van der Waals surface area contributed by atoms with E-state index in [-0.39, 0.29) is 12.0 Å².